The highest BCUT2D eigenvalue weighted by molar-refractivity contribution is 9.09. The van der Waals surface area contributed by atoms with Crippen LogP contribution in [-0.2, 0) is 35.4 Å². The lowest BCUT2D eigenvalue weighted by molar-refractivity contribution is -0.384. The molecule has 1 aromatic carbocycles. The van der Waals surface area contributed by atoms with Crippen LogP contribution in [0.5, 0.6) is 0 Å². The van der Waals surface area contributed by atoms with E-state index in [1.807, 2.05) is 0 Å². The fourth-order valence-electron chi connectivity index (χ4n) is 1.60. The molecule has 150 valence electrons. The Morgan fingerprint density at radius 2 is 1.75 bits per heavy atom. The van der Waals surface area contributed by atoms with E-state index in [-0.39, 0.29) is 17.6 Å². The highest BCUT2D eigenvalue weighted by Gasteiger charge is 2.40. The van der Waals surface area contributed by atoms with Crippen LogP contribution in [0.4, 0.5) is 5.69 Å². The Labute approximate surface area is 166 Å². The molecule has 0 heterocycles. The van der Waals surface area contributed by atoms with E-state index < -0.39 is 39.7 Å². The van der Waals surface area contributed by atoms with E-state index in [1.165, 1.54) is 24.3 Å². The summed E-state index contributed by atoms with van der Waals surface area (Å²) in [7, 11) is 0. The van der Waals surface area contributed by atoms with Gasteiger partial charge in [-0.3, -0.25) is 19.7 Å². The maximum atomic E-state index is 12.2. The number of hydrogen-bond donors (Lipinski definition) is 1. The predicted octanol–water partition coefficient (Wildman–Crippen LogP) is 1.61. The number of nitro benzene ring substituents is 1. The van der Waals surface area contributed by atoms with Crippen molar-refractivity contribution in [1.82, 2.24) is 0 Å². The largest absolute Gasteiger partial charge is 0.476 e. The van der Waals surface area contributed by atoms with Crippen LogP contribution >= 0.6 is 15.9 Å². The van der Waals surface area contributed by atoms with Gasteiger partial charge in [-0.25, -0.2) is 9.59 Å². The third kappa shape index (κ3) is 5.94. The van der Waals surface area contributed by atoms with E-state index >= 15 is 0 Å². The van der Waals surface area contributed by atoms with Crippen molar-refractivity contribution in [3.63, 3.8) is 0 Å². The van der Waals surface area contributed by atoms with Crippen molar-refractivity contribution in [1.29, 1.82) is 0 Å². The Balaban J connectivity index is 2.77. The summed E-state index contributed by atoms with van der Waals surface area (Å²) in [5.74, 6) is -4.87. The number of benzene rings is 1. The molecule has 1 rings (SSSR count). The van der Waals surface area contributed by atoms with Gasteiger partial charge in [-0.2, -0.15) is 0 Å². The Hall–Kier alpha value is -3.15. The molecule has 1 N–H and O–H groups in total. The van der Waals surface area contributed by atoms with Crippen molar-refractivity contribution in [2.75, 3.05) is 5.33 Å². The maximum absolute atomic E-state index is 12.2. The van der Waals surface area contributed by atoms with Gasteiger partial charge in [-0.15, -0.1) is 0 Å². The molecule has 0 fully saturated rings. The van der Waals surface area contributed by atoms with Crippen molar-refractivity contribution in [3.05, 3.63) is 39.9 Å². The minimum absolute atomic E-state index is 0.135. The van der Waals surface area contributed by atoms with Crippen molar-refractivity contribution < 1.29 is 38.8 Å². The van der Waals surface area contributed by atoms with Crippen molar-refractivity contribution in [3.8, 4) is 0 Å². The van der Waals surface area contributed by atoms with E-state index in [2.05, 4.69) is 25.9 Å². The maximum Gasteiger partial charge on any atom is 0.361 e. The normalized spacial score (nSPS) is 11.5. The van der Waals surface area contributed by atoms with Gasteiger partial charge in [0.25, 0.3) is 5.69 Å². The lowest BCUT2D eigenvalue weighted by Gasteiger charge is -2.18. The number of oxime groups is 1. The van der Waals surface area contributed by atoms with Crippen LogP contribution in [0.1, 0.15) is 19.4 Å². The Bertz CT molecular complexity index is 831. The number of alkyl halides is 1. The minimum Gasteiger partial charge on any atom is -0.476 e. The molecule has 0 saturated heterocycles. The molecule has 0 aliphatic carbocycles. The second kappa shape index (κ2) is 9.69. The number of carbonyl (C=O) groups is 4. The summed E-state index contributed by atoms with van der Waals surface area (Å²) in [6, 6.07) is 5.22. The molecule has 0 amide bonds. The number of ether oxygens (including phenoxy) is 1. The fourth-order valence-corrected chi connectivity index (χ4v) is 1.87. The SMILES string of the molecule is CC(C)(C(=O)OCc1ccc([N+](=O)[O-])cc1)C(=O)O/N=C(\C(=O)O)C(=O)CBr. The topological polar surface area (TPSA) is 162 Å². The lowest BCUT2D eigenvalue weighted by Crippen LogP contribution is -2.36. The summed E-state index contributed by atoms with van der Waals surface area (Å²) in [4.78, 5) is 61.0. The first kappa shape index (κ1) is 22.9. The number of halogens is 1. The van der Waals surface area contributed by atoms with E-state index in [0.29, 0.717) is 5.56 Å². The van der Waals surface area contributed by atoms with Gasteiger partial charge in [0.1, 0.15) is 6.61 Å². The van der Waals surface area contributed by atoms with Crippen LogP contribution in [0, 0.1) is 15.5 Å². The number of non-ortho nitro benzene ring substituents is 1. The highest BCUT2D eigenvalue weighted by atomic mass is 79.9. The molecule has 0 atom stereocenters. The van der Waals surface area contributed by atoms with Gasteiger partial charge in [-0.05, 0) is 31.5 Å². The molecule has 0 aliphatic rings. The van der Waals surface area contributed by atoms with Gasteiger partial charge >= 0.3 is 17.9 Å². The van der Waals surface area contributed by atoms with E-state index in [1.54, 1.807) is 0 Å². The number of Topliss-reactive ketones (excluding diaryl/α,β-unsaturated/α-hetero) is 1. The predicted molar refractivity (Wildman–Crippen MR) is 96.6 cm³/mol. The third-order valence-corrected chi connectivity index (χ3v) is 3.85. The number of carboxylic acids is 1. The number of ketones is 1. The number of rotatable bonds is 9. The molecule has 0 radical (unpaired) electrons. The Morgan fingerprint density at radius 1 is 1.18 bits per heavy atom. The molecule has 28 heavy (non-hydrogen) atoms. The smallest absolute Gasteiger partial charge is 0.361 e. The minimum atomic E-state index is -1.86. The molecule has 0 unspecified atom stereocenters. The van der Waals surface area contributed by atoms with E-state index in [0.717, 1.165) is 13.8 Å². The second-order valence-corrected chi connectivity index (χ2v) is 6.37. The first-order chi connectivity index (χ1) is 13.0. The molecule has 11 nitrogen and oxygen atoms in total. The lowest BCUT2D eigenvalue weighted by atomic mass is 9.94. The third-order valence-electron chi connectivity index (χ3n) is 3.35. The summed E-state index contributed by atoms with van der Waals surface area (Å²) >= 11 is 2.76. The Kier molecular flexibility index (Phi) is 7.92. The van der Waals surface area contributed by atoms with Gasteiger partial charge < -0.3 is 14.7 Å². The zero-order valence-electron chi connectivity index (χ0n) is 14.7. The average Bonchev–Trinajstić information content (AvgIpc) is 2.65. The van der Waals surface area contributed by atoms with Crippen molar-refractivity contribution in [2.45, 2.75) is 20.5 Å². The summed E-state index contributed by atoms with van der Waals surface area (Å²) in [6.45, 7) is 2.06. The molecule has 0 aromatic heterocycles. The van der Waals surface area contributed by atoms with Gasteiger partial charge in [-0.1, -0.05) is 21.1 Å². The summed E-state index contributed by atoms with van der Waals surface area (Å²) in [5, 5.41) is 22.1. The van der Waals surface area contributed by atoms with Crippen molar-refractivity contribution in [2.24, 2.45) is 10.6 Å². The molecule has 12 heteroatoms. The monoisotopic (exact) mass is 458 g/mol. The molecule has 0 saturated carbocycles. The van der Waals surface area contributed by atoms with Crippen LogP contribution in [0.25, 0.3) is 0 Å². The van der Waals surface area contributed by atoms with E-state index in [9.17, 15) is 29.3 Å². The van der Waals surface area contributed by atoms with Crippen LogP contribution in [-0.4, -0.2) is 44.8 Å². The number of carboxylic acid groups (broad SMARTS) is 1. The summed E-state index contributed by atoms with van der Waals surface area (Å²) < 4.78 is 4.99. The first-order valence-corrected chi connectivity index (χ1v) is 8.65. The number of carbonyl (C=O) groups excluding carboxylic acids is 3. The summed E-state index contributed by atoms with van der Waals surface area (Å²) in [6.07, 6.45) is 0. The second-order valence-electron chi connectivity index (χ2n) is 5.81. The number of nitrogens with zero attached hydrogens (tertiary/aromatic N) is 2. The standard InChI is InChI=1S/C16H15BrN2O9/c1-16(2,15(24)28-18-12(13(21)22)11(20)7-17)14(23)27-8-9-3-5-10(6-4-9)19(25)26/h3-6H,7-8H2,1-2H3,(H,21,22)/b18-12-. The van der Waals surface area contributed by atoms with Gasteiger partial charge in [0.05, 0.1) is 10.3 Å². The number of hydrogen-bond acceptors (Lipinski definition) is 9. The summed E-state index contributed by atoms with van der Waals surface area (Å²) in [5.41, 5.74) is -2.56. The molecular weight excluding hydrogens is 444 g/mol. The fraction of sp³-hybridized carbons (Fsp3) is 0.312. The quantitative estimate of drug-likeness (QED) is 0.110. The van der Waals surface area contributed by atoms with Gasteiger partial charge in [0.15, 0.2) is 5.41 Å². The molecule has 0 aliphatic heterocycles. The van der Waals surface area contributed by atoms with Crippen LogP contribution in [0.3, 0.4) is 0 Å². The number of esters is 1. The average molecular weight is 459 g/mol. The van der Waals surface area contributed by atoms with E-state index in [4.69, 9.17) is 9.84 Å². The zero-order valence-corrected chi connectivity index (χ0v) is 16.3. The van der Waals surface area contributed by atoms with Crippen molar-refractivity contribution >= 4 is 51.0 Å². The molecule has 1 aromatic rings. The first-order valence-electron chi connectivity index (χ1n) is 7.53. The Morgan fingerprint density at radius 3 is 2.21 bits per heavy atom. The van der Waals surface area contributed by atoms with Gasteiger partial charge in [0.2, 0.25) is 11.5 Å². The number of aliphatic carboxylic acids is 1. The highest BCUT2D eigenvalue weighted by Crippen LogP contribution is 2.21. The van der Waals surface area contributed by atoms with Crippen LogP contribution in [0.15, 0.2) is 29.4 Å². The van der Waals surface area contributed by atoms with Crippen LogP contribution in [0.2, 0.25) is 0 Å². The molecule has 0 spiro atoms. The molecular formula is C16H15BrN2O9. The number of nitro groups is 1. The van der Waals surface area contributed by atoms with Gasteiger partial charge in [0, 0.05) is 12.1 Å². The molecule has 0 bridgehead atoms. The zero-order chi connectivity index (χ0) is 21.5. The van der Waals surface area contributed by atoms with Crippen LogP contribution < -0.4 is 0 Å².